The minimum Gasteiger partial charge on any atom is -0.378 e. The highest BCUT2D eigenvalue weighted by Gasteiger charge is 2.15. The monoisotopic (exact) mass is 316 g/mol. The molecule has 2 aromatic rings. The van der Waals surface area contributed by atoms with Crippen molar-refractivity contribution in [2.45, 2.75) is 13.0 Å². The maximum absolute atomic E-state index is 5.47. The molecule has 0 saturated carbocycles. The van der Waals surface area contributed by atoms with Gasteiger partial charge in [0.15, 0.2) is 0 Å². The van der Waals surface area contributed by atoms with E-state index in [9.17, 15) is 0 Å². The predicted octanol–water partition coefficient (Wildman–Crippen LogP) is 3.26. The first-order chi connectivity index (χ1) is 10.8. The average Bonchev–Trinajstić information content (AvgIpc) is 3.08. The minimum atomic E-state index is 0.836. The molecule has 2 heterocycles. The molecule has 22 heavy (non-hydrogen) atoms. The van der Waals surface area contributed by atoms with E-state index >= 15 is 0 Å². The number of hydrogen-bond donors (Lipinski definition) is 0. The molecular formula is C18H24N2OS. The Hall–Kier alpha value is -1.36. The number of thiophene rings is 1. The maximum Gasteiger partial charge on any atom is 0.0642 e. The zero-order valence-electron chi connectivity index (χ0n) is 13.2. The molecule has 0 atom stereocenters. The van der Waals surface area contributed by atoms with Crippen LogP contribution in [0.1, 0.15) is 10.4 Å². The Balaban J connectivity index is 1.61. The first kappa shape index (κ1) is 15.5. The molecule has 0 bridgehead atoms. The second-order valence-electron chi connectivity index (χ2n) is 5.80. The first-order valence-corrected chi connectivity index (χ1v) is 8.82. The lowest BCUT2D eigenvalue weighted by Crippen LogP contribution is -2.37. The largest absolute Gasteiger partial charge is 0.378 e. The van der Waals surface area contributed by atoms with Gasteiger partial charge in [0.25, 0.3) is 0 Å². The molecule has 3 nitrogen and oxygen atoms in total. The molecule has 1 saturated heterocycles. The SMILES string of the molecule is CN(CCc1cccs1)Cc1ccccc1N1CCOCC1. The van der Waals surface area contributed by atoms with Crippen molar-refractivity contribution in [1.29, 1.82) is 0 Å². The standard InChI is InChI=1S/C18H24N2OS/c1-19(9-8-17-6-4-14-22-17)15-16-5-2-3-7-18(16)20-10-12-21-13-11-20/h2-7,14H,8-13,15H2,1H3. The van der Waals surface area contributed by atoms with Crippen molar-refractivity contribution < 1.29 is 4.74 Å². The highest BCUT2D eigenvalue weighted by Crippen LogP contribution is 2.22. The molecule has 3 rings (SSSR count). The topological polar surface area (TPSA) is 15.7 Å². The molecule has 118 valence electrons. The summed E-state index contributed by atoms with van der Waals surface area (Å²) in [7, 11) is 2.21. The van der Waals surface area contributed by atoms with Gasteiger partial charge < -0.3 is 14.5 Å². The molecule has 1 aromatic carbocycles. The van der Waals surface area contributed by atoms with E-state index in [4.69, 9.17) is 4.74 Å². The van der Waals surface area contributed by atoms with Gasteiger partial charge in [-0.05, 0) is 36.5 Å². The number of rotatable bonds is 6. The van der Waals surface area contributed by atoms with Gasteiger partial charge >= 0.3 is 0 Å². The Kier molecular flexibility index (Phi) is 5.48. The molecule has 1 aromatic heterocycles. The molecule has 1 aliphatic rings. The van der Waals surface area contributed by atoms with Gasteiger partial charge in [0.2, 0.25) is 0 Å². The third-order valence-corrected chi connectivity index (χ3v) is 5.04. The zero-order valence-corrected chi connectivity index (χ0v) is 14.0. The maximum atomic E-state index is 5.47. The summed E-state index contributed by atoms with van der Waals surface area (Å²) in [6, 6.07) is 13.1. The van der Waals surface area contributed by atoms with Crippen LogP contribution in [0.5, 0.6) is 0 Å². The summed E-state index contributed by atoms with van der Waals surface area (Å²) in [4.78, 5) is 6.33. The van der Waals surface area contributed by atoms with Gasteiger partial charge in [0.1, 0.15) is 0 Å². The van der Waals surface area contributed by atoms with Gasteiger partial charge in [0, 0.05) is 36.7 Å². The van der Waals surface area contributed by atoms with E-state index in [0.717, 1.165) is 45.8 Å². The van der Waals surface area contributed by atoms with Crippen LogP contribution >= 0.6 is 11.3 Å². The molecule has 0 radical (unpaired) electrons. The number of benzene rings is 1. The van der Waals surface area contributed by atoms with Crippen LogP contribution in [0.25, 0.3) is 0 Å². The van der Waals surface area contributed by atoms with Crippen molar-refractivity contribution >= 4 is 17.0 Å². The summed E-state index contributed by atoms with van der Waals surface area (Å²) in [6.07, 6.45) is 1.13. The summed E-state index contributed by atoms with van der Waals surface area (Å²) < 4.78 is 5.47. The summed E-state index contributed by atoms with van der Waals surface area (Å²) in [5.74, 6) is 0. The number of morpholine rings is 1. The zero-order chi connectivity index (χ0) is 15.2. The highest BCUT2D eigenvalue weighted by molar-refractivity contribution is 7.09. The van der Waals surface area contributed by atoms with Gasteiger partial charge in [0.05, 0.1) is 13.2 Å². The number of anilines is 1. The molecule has 0 aliphatic carbocycles. The van der Waals surface area contributed by atoms with Gasteiger partial charge in [-0.1, -0.05) is 24.3 Å². The molecule has 1 fully saturated rings. The van der Waals surface area contributed by atoms with Crippen LogP contribution in [0, 0.1) is 0 Å². The van der Waals surface area contributed by atoms with Crippen LogP contribution in [-0.2, 0) is 17.7 Å². The Morgan fingerprint density at radius 3 is 2.73 bits per heavy atom. The van der Waals surface area contributed by atoms with E-state index in [0.29, 0.717) is 0 Å². The molecular weight excluding hydrogens is 292 g/mol. The van der Waals surface area contributed by atoms with E-state index in [-0.39, 0.29) is 0 Å². The van der Waals surface area contributed by atoms with Gasteiger partial charge in [-0.15, -0.1) is 11.3 Å². The van der Waals surface area contributed by atoms with Crippen LogP contribution in [0.15, 0.2) is 41.8 Å². The van der Waals surface area contributed by atoms with Crippen LogP contribution in [0.2, 0.25) is 0 Å². The van der Waals surface area contributed by atoms with Crippen LogP contribution in [0.4, 0.5) is 5.69 Å². The molecule has 1 aliphatic heterocycles. The Morgan fingerprint density at radius 2 is 1.95 bits per heavy atom. The van der Waals surface area contributed by atoms with Gasteiger partial charge in [-0.3, -0.25) is 0 Å². The number of hydrogen-bond acceptors (Lipinski definition) is 4. The molecule has 0 N–H and O–H groups in total. The molecule has 0 spiro atoms. The Labute approximate surface area is 137 Å². The minimum absolute atomic E-state index is 0.836. The number of likely N-dealkylation sites (N-methyl/N-ethyl adjacent to an activating group) is 1. The molecule has 0 amide bonds. The summed E-state index contributed by atoms with van der Waals surface area (Å²) in [5, 5.41) is 2.16. The fourth-order valence-electron chi connectivity index (χ4n) is 2.88. The van der Waals surface area contributed by atoms with Crippen LogP contribution < -0.4 is 4.90 Å². The van der Waals surface area contributed by atoms with Crippen molar-refractivity contribution in [3.63, 3.8) is 0 Å². The quantitative estimate of drug-likeness (QED) is 0.813. The normalized spacial score (nSPS) is 15.5. The number of ether oxygens (including phenoxy) is 1. The fraction of sp³-hybridized carbons (Fsp3) is 0.444. The van der Waals surface area contributed by atoms with E-state index in [1.165, 1.54) is 16.1 Å². The van der Waals surface area contributed by atoms with Crippen molar-refractivity contribution in [2.24, 2.45) is 0 Å². The van der Waals surface area contributed by atoms with Crippen molar-refractivity contribution in [3.05, 3.63) is 52.2 Å². The Morgan fingerprint density at radius 1 is 1.14 bits per heavy atom. The fourth-order valence-corrected chi connectivity index (χ4v) is 3.58. The highest BCUT2D eigenvalue weighted by atomic mass is 32.1. The third kappa shape index (κ3) is 4.09. The smallest absolute Gasteiger partial charge is 0.0642 e. The van der Waals surface area contributed by atoms with Gasteiger partial charge in [-0.25, -0.2) is 0 Å². The van der Waals surface area contributed by atoms with Crippen LogP contribution in [-0.4, -0.2) is 44.8 Å². The van der Waals surface area contributed by atoms with Gasteiger partial charge in [-0.2, -0.15) is 0 Å². The second-order valence-corrected chi connectivity index (χ2v) is 6.83. The lowest BCUT2D eigenvalue weighted by atomic mass is 10.1. The van der Waals surface area contributed by atoms with Crippen molar-refractivity contribution in [2.75, 3.05) is 44.8 Å². The number of para-hydroxylation sites is 1. The average molecular weight is 316 g/mol. The van der Waals surface area contributed by atoms with Crippen molar-refractivity contribution in [1.82, 2.24) is 4.90 Å². The summed E-state index contributed by atoms with van der Waals surface area (Å²) in [5.41, 5.74) is 2.78. The van der Waals surface area contributed by atoms with E-state index in [1.54, 1.807) is 0 Å². The van der Waals surface area contributed by atoms with Crippen LogP contribution in [0.3, 0.4) is 0 Å². The van der Waals surface area contributed by atoms with Crippen molar-refractivity contribution in [3.8, 4) is 0 Å². The lowest BCUT2D eigenvalue weighted by molar-refractivity contribution is 0.122. The van der Waals surface area contributed by atoms with E-state index in [1.807, 2.05) is 11.3 Å². The van der Waals surface area contributed by atoms with E-state index < -0.39 is 0 Å². The third-order valence-electron chi connectivity index (χ3n) is 4.10. The summed E-state index contributed by atoms with van der Waals surface area (Å²) in [6.45, 7) is 5.76. The lowest BCUT2D eigenvalue weighted by Gasteiger charge is -2.31. The second kappa shape index (κ2) is 7.77. The molecule has 4 heteroatoms. The van der Waals surface area contributed by atoms with E-state index in [2.05, 4.69) is 58.6 Å². The number of nitrogens with zero attached hydrogens (tertiary/aromatic N) is 2. The Bertz CT molecular complexity index is 564. The first-order valence-electron chi connectivity index (χ1n) is 7.94. The molecule has 0 unspecified atom stereocenters. The predicted molar refractivity (Wildman–Crippen MR) is 93.8 cm³/mol. The summed E-state index contributed by atoms with van der Waals surface area (Å²) >= 11 is 1.85.